The van der Waals surface area contributed by atoms with Crippen LogP contribution in [0.15, 0.2) is 59.1 Å². The maximum absolute atomic E-state index is 13.3. The number of hydrogen-bond acceptors (Lipinski definition) is 5. The molecule has 7 nitrogen and oxygen atoms in total. The van der Waals surface area contributed by atoms with Gasteiger partial charge in [0, 0.05) is 36.9 Å². The normalized spacial score (nSPS) is 14.2. The van der Waals surface area contributed by atoms with Crippen LogP contribution in [0.1, 0.15) is 57.8 Å². The van der Waals surface area contributed by atoms with Crippen LogP contribution in [0.4, 0.5) is 8.78 Å². The summed E-state index contributed by atoms with van der Waals surface area (Å²) in [7, 11) is 0. The van der Waals surface area contributed by atoms with Gasteiger partial charge >= 0.3 is 0 Å². The van der Waals surface area contributed by atoms with E-state index in [0.29, 0.717) is 42.7 Å². The SMILES string of the molecule is Cc1cc(C(=O)N2CCC(c3noc(COc4ccc(F)cc4)n3)CC2)c(C)n1Cc1ccc(F)cc1. The zero-order valence-electron chi connectivity index (χ0n) is 20.8. The highest BCUT2D eigenvalue weighted by Crippen LogP contribution is 2.28. The fraction of sp³-hybridized carbons (Fsp3) is 0.321. The number of benzene rings is 2. The number of halogens is 2. The van der Waals surface area contributed by atoms with Crippen LogP contribution in [-0.2, 0) is 13.2 Å². The van der Waals surface area contributed by atoms with Gasteiger partial charge in [-0.3, -0.25) is 4.79 Å². The fourth-order valence-electron chi connectivity index (χ4n) is 4.71. The minimum Gasteiger partial charge on any atom is -0.484 e. The van der Waals surface area contributed by atoms with Gasteiger partial charge in [0.25, 0.3) is 11.8 Å². The van der Waals surface area contributed by atoms with Crippen molar-refractivity contribution in [3.8, 4) is 5.75 Å². The molecule has 1 saturated heterocycles. The molecular formula is C28H28F2N4O3. The monoisotopic (exact) mass is 506 g/mol. The van der Waals surface area contributed by atoms with Crippen molar-refractivity contribution < 1.29 is 22.8 Å². The molecule has 1 aliphatic heterocycles. The molecule has 0 N–H and O–H groups in total. The first-order chi connectivity index (χ1) is 17.9. The van der Waals surface area contributed by atoms with Crippen LogP contribution >= 0.6 is 0 Å². The predicted molar refractivity (Wildman–Crippen MR) is 132 cm³/mol. The number of amides is 1. The molecule has 192 valence electrons. The minimum atomic E-state index is -0.329. The number of aryl methyl sites for hydroxylation is 1. The predicted octanol–water partition coefficient (Wildman–Crippen LogP) is 5.41. The van der Waals surface area contributed by atoms with Crippen molar-refractivity contribution in [2.24, 2.45) is 0 Å². The molecule has 1 amide bonds. The number of ether oxygens (including phenoxy) is 1. The van der Waals surface area contributed by atoms with Crippen molar-refractivity contribution >= 4 is 5.91 Å². The molecule has 4 aromatic rings. The van der Waals surface area contributed by atoms with Crippen molar-refractivity contribution in [3.05, 3.63) is 100 Å². The molecule has 0 bridgehead atoms. The Labute approximate surface area is 213 Å². The number of nitrogens with zero attached hydrogens (tertiary/aromatic N) is 4. The standard InChI is InChI=1S/C28H28F2N4O3/c1-18-15-25(19(2)34(18)16-20-3-5-22(29)6-4-20)28(35)33-13-11-21(12-14-33)27-31-26(37-32-27)17-36-24-9-7-23(30)8-10-24/h3-10,15,21H,11-14,16-17H2,1-2H3. The lowest BCUT2D eigenvalue weighted by Crippen LogP contribution is -2.38. The molecule has 3 heterocycles. The zero-order valence-corrected chi connectivity index (χ0v) is 20.8. The van der Waals surface area contributed by atoms with E-state index in [0.717, 1.165) is 29.8 Å². The van der Waals surface area contributed by atoms with Gasteiger partial charge in [-0.05, 0) is 74.7 Å². The molecule has 0 spiro atoms. The van der Waals surface area contributed by atoms with E-state index in [1.165, 1.54) is 24.3 Å². The van der Waals surface area contributed by atoms with Gasteiger partial charge in [-0.25, -0.2) is 8.78 Å². The summed E-state index contributed by atoms with van der Waals surface area (Å²) in [5, 5.41) is 4.11. The lowest BCUT2D eigenvalue weighted by Gasteiger charge is -2.30. The number of aromatic nitrogens is 3. The van der Waals surface area contributed by atoms with Crippen LogP contribution in [0.3, 0.4) is 0 Å². The highest BCUT2D eigenvalue weighted by atomic mass is 19.1. The molecule has 0 saturated carbocycles. The Kier molecular flexibility index (Phi) is 7.03. The van der Waals surface area contributed by atoms with Crippen molar-refractivity contribution in [3.63, 3.8) is 0 Å². The molecule has 2 aromatic heterocycles. The Balaban J connectivity index is 1.17. The number of likely N-dealkylation sites (tertiary alicyclic amines) is 1. The van der Waals surface area contributed by atoms with Crippen LogP contribution in [-0.4, -0.2) is 38.6 Å². The van der Waals surface area contributed by atoms with Gasteiger partial charge in [0.15, 0.2) is 12.4 Å². The van der Waals surface area contributed by atoms with Crippen molar-refractivity contribution in [2.45, 2.75) is 45.8 Å². The molecule has 9 heteroatoms. The van der Waals surface area contributed by atoms with E-state index in [-0.39, 0.29) is 30.1 Å². The first-order valence-corrected chi connectivity index (χ1v) is 12.3. The molecule has 1 aliphatic rings. The van der Waals surface area contributed by atoms with E-state index >= 15 is 0 Å². The van der Waals surface area contributed by atoms with Gasteiger partial charge in [0.1, 0.15) is 17.4 Å². The van der Waals surface area contributed by atoms with Crippen LogP contribution in [0.2, 0.25) is 0 Å². The Morgan fingerprint density at radius 2 is 1.68 bits per heavy atom. The second kappa shape index (κ2) is 10.5. The van der Waals surface area contributed by atoms with Gasteiger partial charge in [0.05, 0.1) is 5.56 Å². The summed E-state index contributed by atoms with van der Waals surface area (Å²) in [6.45, 7) is 5.81. The molecule has 37 heavy (non-hydrogen) atoms. The highest BCUT2D eigenvalue weighted by Gasteiger charge is 2.29. The van der Waals surface area contributed by atoms with E-state index in [1.807, 2.05) is 24.8 Å². The Hall–Kier alpha value is -4.01. The zero-order chi connectivity index (χ0) is 25.9. The van der Waals surface area contributed by atoms with E-state index in [1.54, 1.807) is 24.3 Å². The number of hydrogen-bond donors (Lipinski definition) is 0. The maximum atomic E-state index is 13.3. The third kappa shape index (κ3) is 5.55. The van der Waals surface area contributed by atoms with Gasteiger partial charge in [0.2, 0.25) is 0 Å². The van der Waals surface area contributed by atoms with Gasteiger partial charge in [-0.15, -0.1) is 0 Å². The topological polar surface area (TPSA) is 73.4 Å². The van der Waals surface area contributed by atoms with Crippen molar-refractivity contribution in [1.29, 1.82) is 0 Å². The van der Waals surface area contributed by atoms with E-state index < -0.39 is 0 Å². The highest BCUT2D eigenvalue weighted by molar-refractivity contribution is 5.95. The van der Waals surface area contributed by atoms with E-state index in [4.69, 9.17) is 9.26 Å². The second-order valence-corrected chi connectivity index (χ2v) is 9.35. The maximum Gasteiger partial charge on any atom is 0.264 e. The largest absolute Gasteiger partial charge is 0.484 e. The lowest BCUT2D eigenvalue weighted by atomic mass is 9.95. The summed E-state index contributed by atoms with van der Waals surface area (Å²) >= 11 is 0. The summed E-state index contributed by atoms with van der Waals surface area (Å²) in [4.78, 5) is 19.7. The van der Waals surface area contributed by atoms with Crippen LogP contribution in [0, 0.1) is 25.5 Å². The molecular weight excluding hydrogens is 478 g/mol. The van der Waals surface area contributed by atoms with Gasteiger partial charge < -0.3 is 18.7 Å². The summed E-state index contributed by atoms with van der Waals surface area (Å²) in [5.41, 5.74) is 3.56. The molecule has 2 aromatic carbocycles. The number of carbonyl (C=O) groups is 1. The Bertz CT molecular complexity index is 1370. The smallest absolute Gasteiger partial charge is 0.264 e. The summed E-state index contributed by atoms with van der Waals surface area (Å²) in [6.07, 6.45) is 1.47. The fourth-order valence-corrected chi connectivity index (χ4v) is 4.71. The van der Waals surface area contributed by atoms with Gasteiger partial charge in [-0.2, -0.15) is 4.98 Å². The summed E-state index contributed by atoms with van der Waals surface area (Å²) in [5.74, 6) is 1.000. The summed E-state index contributed by atoms with van der Waals surface area (Å²) < 4.78 is 39.3. The quantitative estimate of drug-likeness (QED) is 0.335. The van der Waals surface area contributed by atoms with Crippen molar-refractivity contribution in [2.75, 3.05) is 13.1 Å². The third-order valence-corrected chi connectivity index (χ3v) is 6.87. The van der Waals surface area contributed by atoms with Gasteiger partial charge in [-0.1, -0.05) is 17.3 Å². The molecule has 1 fully saturated rings. The number of rotatable bonds is 7. The minimum absolute atomic E-state index is 0.0124. The van der Waals surface area contributed by atoms with Crippen LogP contribution in [0.25, 0.3) is 0 Å². The Morgan fingerprint density at radius 1 is 1.03 bits per heavy atom. The molecule has 0 atom stereocenters. The van der Waals surface area contributed by atoms with Crippen LogP contribution < -0.4 is 4.74 Å². The second-order valence-electron chi connectivity index (χ2n) is 9.35. The van der Waals surface area contributed by atoms with E-state index in [9.17, 15) is 13.6 Å². The molecule has 0 unspecified atom stereocenters. The molecule has 0 radical (unpaired) electrons. The Morgan fingerprint density at radius 3 is 2.35 bits per heavy atom. The average molecular weight is 507 g/mol. The first-order valence-electron chi connectivity index (χ1n) is 12.3. The third-order valence-electron chi connectivity index (χ3n) is 6.87. The molecule has 0 aliphatic carbocycles. The summed E-state index contributed by atoms with van der Waals surface area (Å²) in [6, 6.07) is 14.1. The molecule has 5 rings (SSSR count). The van der Waals surface area contributed by atoms with Crippen LogP contribution in [0.5, 0.6) is 5.75 Å². The van der Waals surface area contributed by atoms with E-state index in [2.05, 4.69) is 14.7 Å². The number of piperidine rings is 1. The number of carbonyl (C=O) groups excluding carboxylic acids is 1. The average Bonchev–Trinajstić information content (AvgIpc) is 3.49. The first kappa shape index (κ1) is 24.7. The van der Waals surface area contributed by atoms with Crippen molar-refractivity contribution in [1.82, 2.24) is 19.6 Å². The lowest BCUT2D eigenvalue weighted by molar-refractivity contribution is 0.0709.